The molecule has 3 heterocycles. The van der Waals surface area contributed by atoms with Crippen molar-refractivity contribution in [2.45, 2.75) is 49.3 Å². The highest BCUT2D eigenvalue weighted by atomic mass is 32.2. The number of nitrogens with one attached hydrogen (secondary N) is 1. The van der Waals surface area contributed by atoms with Crippen LogP contribution in [0.4, 0.5) is 0 Å². The topological polar surface area (TPSA) is 72.5 Å². The molecule has 7 atom stereocenters. The fourth-order valence-electron chi connectivity index (χ4n) is 5.90. The van der Waals surface area contributed by atoms with Gasteiger partial charge < -0.3 is 10.1 Å². The van der Waals surface area contributed by atoms with Crippen LogP contribution in [-0.2, 0) is 25.1 Å². The van der Waals surface area contributed by atoms with Crippen molar-refractivity contribution in [3.05, 3.63) is 29.8 Å². The largest absolute Gasteiger partial charge is 0.460 e. The first-order chi connectivity index (χ1) is 11.9. The molecule has 132 valence electrons. The minimum atomic E-state index is -1.19. The van der Waals surface area contributed by atoms with E-state index in [1.807, 2.05) is 38.1 Å². The van der Waals surface area contributed by atoms with E-state index in [1.165, 1.54) is 0 Å². The molecule has 1 saturated carbocycles. The van der Waals surface area contributed by atoms with E-state index in [2.05, 4.69) is 5.32 Å². The van der Waals surface area contributed by atoms with Gasteiger partial charge in [-0.15, -0.1) is 0 Å². The lowest BCUT2D eigenvalue weighted by molar-refractivity contribution is -0.145. The third kappa shape index (κ3) is 1.79. The highest BCUT2D eigenvalue weighted by molar-refractivity contribution is 7.85. The number of ether oxygens (including phenoxy) is 1. The molecule has 3 saturated heterocycles. The molecule has 5 nitrogen and oxygen atoms in total. The van der Waals surface area contributed by atoms with E-state index >= 15 is 0 Å². The number of ketones is 1. The zero-order chi connectivity index (χ0) is 17.6. The summed E-state index contributed by atoms with van der Waals surface area (Å²) in [5, 5.41) is 3.62. The molecular weight excluding hydrogens is 338 g/mol. The Balaban J connectivity index is 1.56. The molecule has 3 aliphatic heterocycles. The van der Waals surface area contributed by atoms with Gasteiger partial charge in [-0.3, -0.25) is 13.8 Å². The highest BCUT2D eigenvalue weighted by Gasteiger charge is 2.80. The van der Waals surface area contributed by atoms with Gasteiger partial charge in [0, 0.05) is 40.4 Å². The maximum atomic E-state index is 13.1. The van der Waals surface area contributed by atoms with Crippen LogP contribution in [0, 0.1) is 24.2 Å². The summed E-state index contributed by atoms with van der Waals surface area (Å²) < 4.78 is 18.8. The number of Topliss-reactive ketones (excluding diaryl/α,β-unsaturated/α-hetero) is 1. The molecule has 0 amide bonds. The number of aryl methyl sites for hydroxylation is 1. The molecular formula is C19H21NO4S. The Morgan fingerprint density at radius 2 is 2.00 bits per heavy atom. The highest BCUT2D eigenvalue weighted by Crippen LogP contribution is 2.66. The fourth-order valence-corrected chi connectivity index (χ4v) is 7.55. The average Bonchev–Trinajstić information content (AvgIpc) is 3.09. The second-order valence-electron chi connectivity index (χ2n) is 8.27. The van der Waals surface area contributed by atoms with E-state index < -0.39 is 21.8 Å². The second kappa shape index (κ2) is 4.80. The van der Waals surface area contributed by atoms with Gasteiger partial charge in [0.05, 0.1) is 22.8 Å². The van der Waals surface area contributed by atoms with Crippen LogP contribution < -0.4 is 5.32 Å². The molecule has 0 unspecified atom stereocenters. The van der Waals surface area contributed by atoms with Crippen LogP contribution >= 0.6 is 0 Å². The van der Waals surface area contributed by atoms with Crippen molar-refractivity contribution in [1.82, 2.24) is 5.32 Å². The maximum Gasteiger partial charge on any atom is 0.311 e. The summed E-state index contributed by atoms with van der Waals surface area (Å²) in [5.41, 5.74) is 0.149. The van der Waals surface area contributed by atoms with E-state index in [0.29, 0.717) is 18.6 Å². The third-order valence-electron chi connectivity index (χ3n) is 7.03. The summed E-state index contributed by atoms with van der Waals surface area (Å²) in [6.07, 6.45) is 0.532. The molecule has 1 N–H and O–H groups in total. The van der Waals surface area contributed by atoms with Crippen LogP contribution in [0.25, 0.3) is 0 Å². The number of benzene rings is 1. The predicted octanol–water partition coefficient (Wildman–Crippen LogP) is 1.35. The first kappa shape index (κ1) is 15.7. The number of rotatable bonds is 3. The van der Waals surface area contributed by atoms with Crippen LogP contribution in [0.3, 0.4) is 0 Å². The van der Waals surface area contributed by atoms with Crippen molar-refractivity contribution < 1.29 is 18.5 Å². The van der Waals surface area contributed by atoms with Crippen LogP contribution in [0.15, 0.2) is 29.2 Å². The van der Waals surface area contributed by atoms with Gasteiger partial charge in [-0.2, -0.15) is 0 Å². The van der Waals surface area contributed by atoms with Crippen molar-refractivity contribution in [3.63, 3.8) is 0 Å². The molecule has 0 aromatic heterocycles. The molecule has 1 aliphatic carbocycles. The van der Waals surface area contributed by atoms with Gasteiger partial charge in [-0.1, -0.05) is 24.6 Å². The molecule has 2 bridgehead atoms. The summed E-state index contributed by atoms with van der Waals surface area (Å²) in [5.74, 6) is 0.0590. The molecule has 1 aromatic carbocycles. The SMILES string of the molecule is Cc1ccc([S@](=O)C[C@]23N[C@H]4[C@@H]5OC(=O)[C@H]4[C@@]2(C)CC(=O)C[C@@H]53)cc1. The Kier molecular flexibility index (Phi) is 3.01. The smallest absolute Gasteiger partial charge is 0.311 e. The van der Waals surface area contributed by atoms with E-state index in [-0.39, 0.29) is 35.7 Å². The van der Waals surface area contributed by atoms with Crippen molar-refractivity contribution in [1.29, 1.82) is 0 Å². The Hall–Kier alpha value is -1.53. The average molecular weight is 359 g/mol. The van der Waals surface area contributed by atoms with Gasteiger partial charge in [0.15, 0.2) is 0 Å². The number of hydrogen-bond donors (Lipinski definition) is 1. The lowest BCUT2D eigenvalue weighted by Gasteiger charge is -2.51. The van der Waals surface area contributed by atoms with Gasteiger partial charge in [0.2, 0.25) is 0 Å². The summed E-state index contributed by atoms with van der Waals surface area (Å²) in [6, 6.07) is 7.71. The second-order valence-corrected chi connectivity index (χ2v) is 9.72. The van der Waals surface area contributed by atoms with Crippen LogP contribution in [-0.4, -0.2) is 39.4 Å². The van der Waals surface area contributed by atoms with Crippen molar-refractivity contribution in [3.8, 4) is 0 Å². The fraction of sp³-hybridized carbons (Fsp3) is 0.579. The molecule has 1 aromatic rings. The lowest BCUT2D eigenvalue weighted by atomic mass is 9.51. The first-order valence-electron chi connectivity index (χ1n) is 8.81. The van der Waals surface area contributed by atoms with Gasteiger partial charge in [0.1, 0.15) is 11.9 Å². The standard InChI is InChI=1S/C19H21NO4S/c1-10-3-5-12(6-4-10)25(23)9-19-13-7-11(21)8-18(19,2)14-15(20-19)16(13)24-17(14)22/h3-6,13-16,20H,7-9H2,1-2H3/t13-,14-,15+,16+,18+,19+,25+/m0/s1. The van der Waals surface area contributed by atoms with E-state index in [9.17, 15) is 13.8 Å². The number of fused-ring (bicyclic) bond motifs is 2. The van der Waals surface area contributed by atoms with E-state index in [0.717, 1.165) is 10.5 Å². The molecule has 4 aliphatic rings. The first-order valence-corrected chi connectivity index (χ1v) is 10.1. The Labute approximate surface area is 149 Å². The van der Waals surface area contributed by atoms with Gasteiger partial charge in [-0.05, 0) is 19.1 Å². The molecule has 4 fully saturated rings. The lowest BCUT2D eigenvalue weighted by Crippen LogP contribution is -2.63. The maximum absolute atomic E-state index is 13.1. The van der Waals surface area contributed by atoms with Crippen molar-refractivity contribution in [2.24, 2.45) is 17.3 Å². The number of carbonyl (C=O) groups excluding carboxylic acids is 2. The zero-order valence-corrected chi connectivity index (χ0v) is 15.1. The summed E-state index contributed by atoms with van der Waals surface area (Å²) in [7, 11) is -1.19. The quantitative estimate of drug-likeness (QED) is 0.825. The summed E-state index contributed by atoms with van der Waals surface area (Å²) in [4.78, 5) is 25.6. The minimum absolute atomic E-state index is 0.0365. The normalized spacial score (nSPS) is 44.9. The monoisotopic (exact) mass is 359 g/mol. The number of hydrogen-bond acceptors (Lipinski definition) is 5. The Morgan fingerprint density at radius 1 is 1.28 bits per heavy atom. The summed E-state index contributed by atoms with van der Waals surface area (Å²) >= 11 is 0. The minimum Gasteiger partial charge on any atom is -0.460 e. The van der Waals surface area contributed by atoms with E-state index in [1.54, 1.807) is 0 Å². The Morgan fingerprint density at radius 3 is 2.72 bits per heavy atom. The number of esters is 1. The molecule has 0 radical (unpaired) electrons. The van der Waals surface area contributed by atoms with Gasteiger partial charge in [-0.25, -0.2) is 0 Å². The molecule has 25 heavy (non-hydrogen) atoms. The van der Waals surface area contributed by atoms with Crippen LogP contribution in [0.5, 0.6) is 0 Å². The summed E-state index contributed by atoms with van der Waals surface area (Å²) in [6.45, 7) is 4.02. The number of carbonyl (C=O) groups is 2. The van der Waals surface area contributed by atoms with Gasteiger partial charge >= 0.3 is 5.97 Å². The zero-order valence-electron chi connectivity index (χ0n) is 14.3. The van der Waals surface area contributed by atoms with Crippen molar-refractivity contribution in [2.75, 3.05) is 5.75 Å². The van der Waals surface area contributed by atoms with Crippen molar-refractivity contribution >= 4 is 22.6 Å². The van der Waals surface area contributed by atoms with E-state index in [4.69, 9.17) is 4.74 Å². The molecule has 0 spiro atoms. The third-order valence-corrected chi connectivity index (χ3v) is 8.55. The molecule has 5 rings (SSSR count). The van der Waals surface area contributed by atoms with Crippen LogP contribution in [0.1, 0.15) is 25.3 Å². The predicted molar refractivity (Wildman–Crippen MR) is 91.3 cm³/mol. The Bertz CT molecular complexity index is 821. The van der Waals surface area contributed by atoms with Gasteiger partial charge in [0.25, 0.3) is 0 Å². The van der Waals surface area contributed by atoms with Crippen LogP contribution in [0.2, 0.25) is 0 Å². The molecule has 6 heteroatoms.